The number of H-pyrrole nitrogens is 1. The molecule has 0 spiro atoms. The number of nitrogens with zero attached hydrogens (tertiary/aromatic N) is 4. The van der Waals surface area contributed by atoms with E-state index in [9.17, 15) is 8.42 Å². The van der Waals surface area contributed by atoms with Gasteiger partial charge in [-0.25, -0.2) is 22.7 Å². The predicted molar refractivity (Wildman–Crippen MR) is 150 cm³/mol. The fourth-order valence-corrected chi connectivity index (χ4v) is 8.23. The minimum atomic E-state index is -3.32. The van der Waals surface area contributed by atoms with E-state index in [0.717, 1.165) is 72.0 Å². The van der Waals surface area contributed by atoms with Crippen LogP contribution in [0.2, 0.25) is 0 Å². The first kappa shape index (κ1) is 26.0. The van der Waals surface area contributed by atoms with Crippen molar-refractivity contribution in [2.75, 3.05) is 32.6 Å². The van der Waals surface area contributed by atoms with Crippen LogP contribution in [0.3, 0.4) is 0 Å². The maximum atomic E-state index is 13.4. The lowest BCUT2D eigenvalue weighted by Gasteiger charge is -2.34. The zero-order valence-electron chi connectivity index (χ0n) is 22.3. The van der Waals surface area contributed by atoms with Crippen LogP contribution in [0, 0.1) is 11.8 Å². The van der Waals surface area contributed by atoms with E-state index in [1.807, 2.05) is 36.5 Å². The Hall–Kier alpha value is -3.24. The lowest BCUT2D eigenvalue weighted by atomic mass is 9.79. The van der Waals surface area contributed by atoms with Crippen LogP contribution < -0.4 is 9.47 Å². The molecule has 1 aliphatic heterocycles. The summed E-state index contributed by atoms with van der Waals surface area (Å²) in [6.07, 6.45) is 11.1. The van der Waals surface area contributed by atoms with Gasteiger partial charge in [0.1, 0.15) is 11.5 Å². The predicted octanol–water partition coefficient (Wildman–Crippen LogP) is 4.91. The van der Waals surface area contributed by atoms with Gasteiger partial charge in [-0.2, -0.15) is 5.10 Å². The molecular formula is C29H35N5O4S. The molecule has 1 atom stereocenters. The SMILES string of the molecule is COc1ccc(OCC2CCCN(S(=O)(=O)CC3CCC(c4cn[nH]c5cnc6nccc6c45)CC3)C2)cc1. The second kappa shape index (κ2) is 11.1. The fraction of sp³-hybridized carbons (Fsp3) is 0.483. The van der Waals surface area contributed by atoms with E-state index in [4.69, 9.17) is 9.47 Å². The first-order valence-electron chi connectivity index (χ1n) is 13.8. The third-order valence-electron chi connectivity index (χ3n) is 8.36. The zero-order valence-corrected chi connectivity index (χ0v) is 23.1. The summed E-state index contributed by atoms with van der Waals surface area (Å²) in [6.45, 7) is 1.65. The van der Waals surface area contributed by atoms with Crippen LogP contribution in [0.5, 0.6) is 11.5 Å². The Morgan fingerprint density at radius 3 is 2.56 bits per heavy atom. The molecule has 2 aliphatic rings. The van der Waals surface area contributed by atoms with E-state index in [-0.39, 0.29) is 17.6 Å². The van der Waals surface area contributed by atoms with Gasteiger partial charge in [0.2, 0.25) is 10.0 Å². The molecule has 1 aliphatic carbocycles. The van der Waals surface area contributed by atoms with Crippen molar-refractivity contribution in [3.8, 4) is 11.5 Å². The molecule has 0 bridgehead atoms. The Morgan fingerprint density at radius 1 is 0.974 bits per heavy atom. The molecule has 0 radical (unpaired) electrons. The number of aromatic amines is 1. The van der Waals surface area contributed by atoms with Gasteiger partial charge in [0, 0.05) is 36.0 Å². The van der Waals surface area contributed by atoms with Gasteiger partial charge >= 0.3 is 0 Å². The average molecular weight is 550 g/mol. The number of sulfonamides is 1. The molecule has 6 rings (SSSR count). The molecule has 3 aromatic heterocycles. The van der Waals surface area contributed by atoms with Crippen LogP contribution in [-0.2, 0) is 10.0 Å². The number of benzene rings is 1. The Labute approximate surface area is 229 Å². The number of ether oxygens (including phenoxy) is 2. The minimum absolute atomic E-state index is 0.180. The second-order valence-corrected chi connectivity index (χ2v) is 12.9. The Bertz CT molecular complexity index is 1530. The lowest BCUT2D eigenvalue weighted by Crippen LogP contribution is -2.43. The van der Waals surface area contributed by atoms with Crippen LogP contribution in [-0.4, -0.2) is 65.4 Å². The highest BCUT2D eigenvalue weighted by atomic mass is 32.2. The summed E-state index contributed by atoms with van der Waals surface area (Å²) in [5.41, 5.74) is 2.87. The smallest absolute Gasteiger partial charge is 0.214 e. The number of aromatic nitrogens is 4. The molecule has 9 nitrogen and oxygen atoms in total. The molecule has 10 heteroatoms. The first-order chi connectivity index (χ1) is 19.0. The van der Waals surface area contributed by atoms with Crippen molar-refractivity contribution in [1.29, 1.82) is 0 Å². The monoisotopic (exact) mass is 549 g/mol. The fourth-order valence-electron chi connectivity index (χ4n) is 6.25. The normalized spacial score (nSPS) is 22.7. The summed E-state index contributed by atoms with van der Waals surface area (Å²) in [7, 11) is -1.68. The van der Waals surface area contributed by atoms with Crippen molar-refractivity contribution in [1.82, 2.24) is 24.5 Å². The molecular weight excluding hydrogens is 514 g/mol. The number of hydrogen-bond donors (Lipinski definition) is 1. The standard InChI is InChI=1S/C29H35N5O4S/c1-37-23-8-10-24(11-9-23)38-18-21-3-2-14-34(17-21)39(35,36)19-20-4-6-22(7-5-20)26-15-32-33-27-16-31-29-25(28(26)27)12-13-30-29/h8-13,15-16,20-22,33H,2-7,14,17-19H2,1H3. The quantitative estimate of drug-likeness (QED) is 0.333. The summed E-state index contributed by atoms with van der Waals surface area (Å²) >= 11 is 0. The van der Waals surface area contributed by atoms with Gasteiger partial charge < -0.3 is 9.47 Å². The molecule has 39 heavy (non-hydrogen) atoms. The maximum absolute atomic E-state index is 13.4. The van der Waals surface area contributed by atoms with Gasteiger partial charge in [0.15, 0.2) is 5.65 Å². The van der Waals surface area contributed by atoms with Crippen LogP contribution in [0.4, 0.5) is 0 Å². The highest BCUT2D eigenvalue weighted by molar-refractivity contribution is 7.89. The third kappa shape index (κ3) is 5.58. The van der Waals surface area contributed by atoms with Crippen LogP contribution in [0.1, 0.15) is 50.0 Å². The lowest BCUT2D eigenvalue weighted by molar-refractivity contribution is 0.179. The molecule has 1 N–H and O–H groups in total. The van der Waals surface area contributed by atoms with Crippen molar-refractivity contribution in [2.45, 2.75) is 44.4 Å². The Morgan fingerprint density at radius 2 is 1.77 bits per heavy atom. The van der Waals surface area contributed by atoms with E-state index in [1.165, 1.54) is 5.56 Å². The zero-order chi connectivity index (χ0) is 26.8. The summed E-state index contributed by atoms with van der Waals surface area (Å²) in [5.74, 6) is 2.52. The molecule has 1 saturated heterocycles. The van der Waals surface area contributed by atoms with Crippen LogP contribution >= 0.6 is 0 Å². The van der Waals surface area contributed by atoms with E-state index in [0.29, 0.717) is 25.6 Å². The number of pyridine rings is 1. The Kier molecular flexibility index (Phi) is 7.40. The van der Waals surface area contributed by atoms with E-state index < -0.39 is 10.0 Å². The number of nitrogens with one attached hydrogen (secondary N) is 1. The van der Waals surface area contributed by atoms with Crippen molar-refractivity contribution in [2.24, 2.45) is 11.8 Å². The van der Waals surface area contributed by atoms with E-state index in [1.54, 1.807) is 23.8 Å². The number of methoxy groups -OCH3 is 1. The average Bonchev–Trinajstić information content (AvgIpc) is 3.46. The molecule has 0 amide bonds. The van der Waals surface area contributed by atoms with Gasteiger partial charge in [-0.15, -0.1) is 0 Å². The van der Waals surface area contributed by atoms with Gasteiger partial charge in [-0.3, -0.25) is 5.10 Å². The van der Waals surface area contributed by atoms with E-state index in [2.05, 4.69) is 20.2 Å². The largest absolute Gasteiger partial charge is 0.497 e. The van der Waals surface area contributed by atoms with Crippen molar-refractivity contribution in [3.63, 3.8) is 0 Å². The van der Waals surface area contributed by atoms with Gasteiger partial charge in [0.25, 0.3) is 0 Å². The number of hydrogen-bond acceptors (Lipinski definition) is 7. The molecule has 4 heterocycles. The van der Waals surface area contributed by atoms with Crippen LogP contribution in [0.15, 0.2) is 48.9 Å². The van der Waals surface area contributed by atoms with Gasteiger partial charge in [0.05, 0.1) is 37.4 Å². The highest BCUT2D eigenvalue weighted by Gasteiger charge is 2.33. The first-order valence-corrected chi connectivity index (χ1v) is 15.4. The summed E-state index contributed by atoms with van der Waals surface area (Å²) in [5, 5.41) is 9.62. The minimum Gasteiger partial charge on any atom is -0.497 e. The number of rotatable bonds is 8. The molecule has 1 unspecified atom stereocenters. The maximum Gasteiger partial charge on any atom is 0.214 e. The van der Waals surface area contributed by atoms with Crippen molar-refractivity contribution < 1.29 is 17.9 Å². The molecule has 2 fully saturated rings. The summed E-state index contributed by atoms with van der Waals surface area (Å²) < 4.78 is 39.7. The van der Waals surface area contributed by atoms with Crippen molar-refractivity contribution in [3.05, 3.63) is 54.5 Å². The molecule has 4 aromatic rings. The summed E-state index contributed by atoms with van der Waals surface area (Å²) in [4.78, 5) is 8.79. The summed E-state index contributed by atoms with van der Waals surface area (Å²) in [6, 6.07) is 9.51. The van der Waals surface area contributed by atoms with Gasteiger partial charge in [-0.05, 0) is 86.3 Å². The molecule has 1 saturated carbocycles. The molecule has 206 valence electrons. The second-order valence-electron chi connectivity index (χ2n) is 10.9. The third-order valence-corrected chi connectivity index (χ3v) is 10.4. The van der Waals surface area contributed by atoms with Crippen molar-refractivity contribution >= 4 is 32.0 Å². The number of fused-ring (bicyclic) bond motifs is 3. The van der Waals surface area contributed by atoms with Crippen LogP contribution in [0.25, 0.3) is 21.9 Å². The highest BCUT2D eigenvalue weighted by Crippen LogP contribution is 2.40. The van der Waals surface area contributed by atoms with Gasteiger partial charge in [-0.1, -0.05) is 0 Å². The van der Waals surface area contributed by atoms with E-state index >= 15 is 0 Å². The Balaban J connectivity index is 1.05. The molecule has 1 aromatic carbocycles. The topological polar surface area (TPSA) is 110 Å². The number of piperidine rings is 1.